The first-order valence-electron chi connectivity index (χ1n) is 4.98. The lowest BCUT2D eigenvalue weighted by molar-refractivity contribution is -0.120. The number of carbonyl (C=O) groups excluding carboxylic acids is 1. The maximum atomic E-state index is 11.3. The summed E-state index contributed by atoms with van der Waals surface area (Å²) in [6.45, 7) is 8.09. The Kier molecular flexibility index (Phi) is 5.72. The van der Waals surface area contributed by atoms with Gasteiger partial charge >= 0.3 is 0 Å². The van der Waals surface area contributed by atoms with Gasteiger partial charge in [-0.25, -0.2) is 0 Å². The molecule has 0 aliphatic carbocycles. The van der Waals surface area contributed by atoms with E-state index in [-0.39, 0.29) is 11.4 Å². The van der Waals surface area contributed by atoms with Gasteiger partial charge in [0.25, 0.3) is 0 Å². The number of nitrogens with one attached hydrogen (secondary N) is 2. The van der Waals surface area contributed by atoms with Crippen molar-refractivity contribution < 1.29 is 4.79 Å². The van der Waals surface area contributed by atoms with E-state index in [1.165, 1.54) is 0 Å². The van der Waals surface area contributed by atoms with Crippen LogP contribution >= 0.6 is 0 Å². The van der Waals surface area contributed by atoms with Gasteiger partial charge in [0, 0.05) is 18.6 Å². The summed E-state index contributed by atoms with van der Waals surface area (Å²) in [5.41, 5.74) is -0.00110. The van der Waals surface area contributed by atoms with Gasteiger partial charge in [-0.15, -0.1) is 0 Å². The van der Waals surface area contributed by atoms with Crippen LogP contribution in [0.3, 0.4) is 0 Å². The summed E-state index contributed by atoms with van der Waals surface area (Å²) in [5, 5.41) is 5.98. The molecule has 84 valence electrons. The van der Waals surface area contributed by atoms with Crippen LogP contribution in [0.1, 0.15) is 20.8 Å². The molecule has 0 aliphatic heterocycles. The minimum Gasteiger partial charge on any atom is -0.354 e. The molecule has 0 spiro atoms. The topological polar surface area (TPSA) is 44.4 Å². The fourth-order valence-electron chi connectivity index (χ4n) is 0.827. The van der Waals surface area contributed by atoms with Crippen molar-refractivity contribution in [3.05, 3.63) is 0 Å². The monoisotopic (exact) mass is 201 g/mol. The molecule has 0 heterocycles. The molecular formula is C10H23N3O. The second-order valence-corrected chi connectivity index (χ2v) is 4.76. The lowest BCUT2D eigenvalue weighted by Crippen LogP contribution is -2.44. The molecule has 2 N–H and O–H groups in total. The van der Waals surface area contributed by atoms with Crippen LogP contribution in [0.4, 0.5) is 0 Å². The van der Waals surface area contributed by atoms with Crippen molar-refractivity contribution in [1.29, 1.82) is 0 Å². The second-order valence-electron chi connectivity index (χ2n) is 4.76. The zero-order valence-electron chi connectivity index (χ0n) is 9.98. The van der Waals surface area contributed by atoms with E-state index in [9.17, 15) is 4.79 Å². The van der Waals surface area contributed by atoms with Gasteiger partial charge in [-0.2, -0.15) is 0 Å². The minimum atomic E-state index is -0.00110. The third kappa shape index (κ3) is 9.48. The van der Waals surface area contributed by atoms with E-state index >= 15 is 0 Å². The summed E-state index contributed by atoms with van der Waals surface area (Å²) in [7, 11) is 3.97. The molecule has 0 radical (unpaired) electrons. The summed E-state index contributed by atoms with van der Waals surface area (Å²) in [6, 6.07) is 0. The predicted octanol–water partition coefficient (Wildman–Crippen LogP) is 0.0523. The van der Waals surface area contributed by atoms with E-state index in [1.54, 1.807) is 0 Å². The fourth-order valence-corrected chi connectivity index (χ4v) is 0.827. The van der Waals surface area contributed by atoms with E-state index in [1.807, 2.05) is 39.8 Å². The molecule has 0 aromatic carbocycles. The first-order chi connectivity index (χ1) is 6.31. The van der Waals surface area contributed by atoms with Crippen LogP contribution in [0.2, 0.25) is 0 Å². The van der Waals surface area contributed by atoms with E-state index in [0.717, 1.165) is 6.54 Å². The molecule has 0 aliphatic rings. The van der Waals surface area contributed by atoms with Crippen molar-refractivity contribution in [1.82, 2.24) is 15.5 Å². The maximum Gasteiger partial charge on any atom is 0.234 e. The number of hydrogen-bond donors (Lipinski definition) is 2. The van der Waals surface area contributed by atoms with Crippen LogP contribution in [0.25, 0.3) is 0 Å². The molecule has 0 saturated heterocycles. The maximum absolute atomic E-state index is 11.3. The molecule has 0 rings (SSSR count). The van der Waals surface area contributed by atoms with Crippen LogP contribution in [0, 0.1) is 0 Å². The Hall–Kier alpha value is -0.610. The Bertz CT molecular complexity index is 173. The summed E-state index contributed by atoms with van der Waals surface area (Å²) in [4.78, 5) is 13.3. The van der Waals surface area contributed by atoms with Gasteiger partial charge in [-0.1, -0.05) is 0 Å². The number of hydrogen-bond acceptors (Lipinski definition) is 3. The predicted molar refractivity (Wildman–Crippen MR) is 59.3 cm³/mol. The van der Waals surface area contributed by atoms with E-state index < -0.39 is 0 Å². The minimum absolute atomic E-state index is 0.00110. The van der Waals surface area contributed by atoms with Crippen molar-refractivity contribution in [2.24, 2.45) is 0 Å². The molecule has 0 bridgehead atoms. The Morgan fingerprint density at radius 1 is 1.29 bits per heavy atom. The van der Waals surface area contributed by atoms with E-state index in [2.05, 4.69) is 10.6 Å². The van der Waals surface area contributed by atoms with Gasteiger partial charge in [0.15, 0.2) is 0 Å². The van der Waals surface area contributed by atoms with Crippen LogP contribution < -0.4 is 10.6 Å². The molecule has 0 aromatic heterocycles. The number of amides is 1. The molecule has 0 unspecified atom stereocenters. The standard InChI is InChI=1S/C10H23N3O/c1-10(2,3)12-8-9(14)11-6-7-13(4)5/h12H,6-8H2,1-5H3,(H,11,14). The zero-order valence-corrected chi connectivity index (χ0v) is 9.98. The Labute approximate surface area is 87.0 Å². The van der Waals surface area contributed by atoms with Crippen molar-refractivity contribution in [3.63, 3.8) is 0 Å². The highest BCUT2D eigenvalue weighted by Crippen LogP contribution is 1.96. The number of carbonyl (C=O) groups is 1. The largest absolute Gasteiger partial charge is 0.354 e. The molecule has 1 amide bonds. The highest BCUT2D eigenvalue weighted by molar-refractivity contribution is 5.78. The van der Waals surface area contributed by atoms with Crippen LogP contribution in [-0.2, 0) is 4.79 Å². The van der Waals surface area contributed by atoms with Crippen molar-refractivity contribution in [2.45, 2.75) is 26.3 Å². The Balaban J connectivity index is 3.47. The van der Waals surface area contributed by atoms with Crippen molar-refractivity contribution in [3.8, 4) is 0 Å². The van der Waals surface area contributed by atoms with E-state index in [4.69, 9.17) is 0 Å². The quantitative estimate of drug-likeness (QED) is 0.661. The molecule has 0 aromatic rings. The van der Waals surface area contributed by atoms with Gasteiger partial charge in [0.2, 0.25) is 5.91 Å². The third-order valence-corrected chi connectivity index (χ3v) is 1.66. The molecule has 0 atom stereocenters. The third-order valence-electron chi connectivity index (χ3n) is 1.66. The first kappa shape index (κ1) is 13.4. The Morgan fingerprint density at radius 2 is 1.86 bits per heavy atom. The second kappa shape index (κ2) is 5.98. The van der Waals surface area contributed by atoms with Gasteiger partial charge in [0.05, 0.1) is 6.54 Å². The number of likely N-dealkylation sites (N-methyl/N-ethyl adjacent to an activating group) is 1. The highest BCUT2D eigenvalue weighted by Gasteiger charge is 2.10. The highest BCUT2D eigenvalue weighted by atomic mass is 16.1. The average molecular weight is 201 g/mol. The molecule has 4 heteroatoms. The molecule has 14 heavy (non-hydrogen) atoms. The average Bonchev–Trinajstić information content (AvgIpc) is 1.99. The number of nitrogens with zero attached hydrogens (tertiary/aromatic N) is 1. The van der Waals surface area contributed by atoms with Crippen LogP contribution in [0.5, 0.6) is 0 Å². The Morgan fingerprint density at radius 3 is 2.29 bits per heavy atom. The summed E-state index contributed by atoms with van der Waals surface area (Å²) in [6.07, 6.45) is 0. The SMILES string of the molecule is CN(C)CCNC(=O)CNC(C)(C)C. The van der Waals surface area contributed by atoms with Crippen molar-refractivity contribution >= 4 is 5.91 Å². The molecule has 0 saturated carbocycles. The summed E-state index contributed by atoms with van der Waals surface area (Å²) < 4.78 is 0. The zero-order chi connectivity index (χ0) is 11.2. The lowest BCUT2D eigenvalue weighted by atomic mass is 10.1. The van der Waals surface area contributed by atoms with Gasteiger partial charge < -0.3 is 15.5 Å². The smallest absolute Gasteiger partial charge is 0.234 e. The summed E-state index contributed by atoms with van der Waals surface area (Å²) in [5.74, 6) is 0.0572. The van der Waals surface area contributed by atoms with E-state index in [0.29, 0.717) is 13.1 Å². The van der Waals surface area contributed by atoms with Crippen LogP contribution in [0.15, 0.2) is 0 Å². The van der Waals surface area contributed by atoms with Crippen molar-refractivity contribution in [2.75, 3.05) is 33.7 Å². The summed E-state index contributed by atoms with van der Waals surface area (Å²) >= 11 is 0. The molecule has 0 fully saturated rings. The molecular weight excluding hydrogens is 178 g/mol. The fraction of sp³-hybridized carbons (Fsp3) is 0.900. The van der Waals surface area contributed by atoms with Crippen LogP contribution in [-0.4, -0.2) is 50.1 Å². The number of rotatable bonds is 5. The van der Waals surface area contributed by atoms with Gasteiger partial charge in [-0.3, -0.25) is 4.79 Å². The lowest BCUT2D eigenvalue weighted by Gasteiger charge is -2.20. The first-order valence-corrected chi connectivity index (χ1v) is 4.98. The van der Waals surface area contributed by atoms with Gasteiger partial charge in [-0.05, 0) is 34.9 Å². The normalized spacial score (nSPS) is 11.9. The molecule has 4 nitrogen and oxygen atoms in total. The van der Waals surface area contributed by atoms with Gasteiger partial charge in [0.1, 0.15) is 0 Å².